The number of carbonyl (C=O) groups is 2. The van der Waals surface area contributed by atoms with Crippen molar-refractivity contribution in [3.8, 4) is 0 Å². The summed E-state index contributed by atoms with van der Waals surface area (Å²) >= 11 is 0. The molecule has 1 saturated carbocycles. The van der Waals surface area contributed by atoms with Crippen LogP contribution in [-0.4, -0.2) is 56.2 Å². The van der Waals surface area contributed by atoms with Crippen LogP contribution in [0.2, 0.25) is 0 Å². The first-order chi connectivity index (χ1) is 17.4. The summed E-state index contributed by atoms with van der Waals surface area (Å²) < 4.78 is 18.8. The third-order valence-electron chi connectivity index (χ3n) is 7.37. The van der Waals surface area contributed by atoms with E-state index in [1.807, 2.05) is 36.4 Å². The average Bonchev–Trinajstić information content (AvgIpc) is 3.63. The minimum atomic E-state index is -1.07. The van der Waals surface area contributed by atoms with Gasteiger partial charge in [-0.1, -0.05) is 56.3 Å². The van der Waals surface area contributed by atoms with Gasteiger partial charge < -0.3 is 20.3 Å². The smallest absolute Gasteiger partial charge is 0.227 e. The molecule has 1 aliphatic carbocycles. The first-order valence-corrected chi connectivity index (χ1v) is 13.0. The first-order valence-electron chi connectivity index (χ1n) is 13.0. The van der Waals surface area contributed by atoms with Gasteiger partial charge in [-0.05, 0) is 55.5 Å². The van der Waals surface area contributed by atoms with Crippen LogP contribution in [0.4, 0.5) is 10.1 Å². The molecule has 1 heterocycles. The number of rotatable bonds is 10. The Kier molecular flexibility index (Phi) is 8.75. The lowest BCUT2D eigenvalue weighted by molar-refractivity contribution is -0.123. The molecule has 2 N–H and O–H groups in total. The lowest BCUT2D eigenvalue weighted by Gasteiger charge is -2.31. The predicted molar refractivity (Wildman–Crippen MR) is 140 cm³/mol. The number of nitrogens with one attached hydrogen (secondary N) is 2. The number of amides is 2. The molecular formula is C29H38FN3O3. The Hall–Kier alpha value is -2.77. The highest BCUT2D eigenvalue weighted by molar-refractivity contribution is 5.93. The number of alkyl halides is 1. The van der Waals surface area contributed by atoms with Crippen LogP contribution in [0.3, 0.4) is 0 Å². The van der Waals surface area contributed by atoms with Gasteiger partial charge in [-0.15, -0.1) is 0 Å². The summed E-state index contributed by atoms with van der Waals surface area (Å²) in [5.74, 6) is -0.551. The highest BCUT2D eigenvalue weighted by Gasteiger charge is 2.44. The Bertz CT molecular complexity index is 1030. The molecule has 6 nitrogen and oxygen atoms in total. The monoisotopic (exact) mass is 495 g/mol. The van der Waals surface area contributed by atoms with E-state index in [1.54, 1.807) is 7.11 Å². The van der Waals surface area contributed by atoms with Gasteiger partial charge in [0, 0.05) is 30.8 Å². The molecular weight excluding hydrogens is 457 g/mol. The van der Waals surface area contributed by atoms with Crippen LogP contribution in [0, 0.1) is 11.8 Å². The molecule has 0 radical (unpaired) electrons. The number of hydrogen-bond donors (Lipinski definition) is 2. The van der Waals surface area contributed by atoms with Crippen molar-refractivity contribution in [1.29, 1.82) is 0 Å². The fourth-order valence-corrected chi connectivity index (χ4v) is 4.84. The third-order valence-corrected chi connectivity index (χ3v) is 7.37. The number of carbonyl (C=O) groups excluding carboxylic acids is 2. The normalized spacial score (nSPS) is 21.2. The maximum atomic E-state index is 13.6. The number of hydrogen-bond acceptors (Lipinski definition) is 4. The third kappa shape index (κ3) is 6.51. The zero-order valence-electron chi connectivity index (χ0n) is 21.5. The molecule has 0 unspecified atom stereocenters. The SMILES string of the molecule is COCCN1CCC(C(=O)Nc2ccccc2[C@H](NC(=O)[C@H]2C[C@@H]2F)c2ccc(C(C)C)cc2)CC1. The van der Waals surface area contributed by atoms with Crippen molar-refractivity contribution < 1.29 is 18.7 Å². The van der Waals surface area contributed by atoms with Crippen molar-refractivity contribution in [2.75, 3.05) is 38.7 Å². The maximum absolute atomic E-state index is 13.6. The fraction of sp³-hybridized carbons (Fsp3) is 0.517. The molecule has 0 bridgehead atoms. The van der Waals surface area contributed by atoms with Crippen molar-refractivity contribution in [1.82, 2.24) is 10.2 Å². The number of likely N-dealkylation sites (tertiary alicyclic amines) is 1. The number of methoxy groups -OCH3 is 1. The molecule has 194 valence electrons. The Morgan fingerprint density at radius 2 is 1.67 bits per heavy atom. The summed E-state index contributed by atoms with van der Waals surface area (Å²) in [5.41, 5.74) is 3.57. The summed E-state index contributed by atoms with van der Waals surface area (Å²) in [6, 6.07) is 15.2. The molecule has 2 aromatic carbocycles. The van der Waals surface area contributed by atoms with Gasteiger partial charge in [0.15, 0.2) is 0 Å². The van der Waals surface area contributed by atoms with Crippen molar-refractivity contribution in [3.05, 3.63) is 65.2 Å². The molecule has 4 rings (SSSR count). The van der Waals surface area contributed by atoms with Crippen LogP contribution >= 0.6 is 0 Å². The predicted octanol–water partition coefficient (Wildman–Crippen LogP) is 4.67. The van der Waals surface area contributed by atoms with Gasteiger partial charge in [0.25, 0.3) is 0 Å². The lowest BCUT2D eigenvalue weighted by atomic mass is 9.93. The molecule has 1 aliphatic heterocycles. The minimum absolute atomic E-state index is 0.0000823. The Morgan fingerprint density at radius 1 is 1.03 bits per heavy atom. The van der Waals surface area contributed by atoms with Crippen molar-refractivity contribution in [2.24, 2.45) is 11.8 Å². The zero-order chi connectivity index (χ0) is 25.7. The Labute approximate surface area is 213 Å². The van der Waals surface area contributed by atoms with E-state index in [4.69, 9.17) is 4.74 Å². The summed E-state index contributed by atoms with van der Waals surface area (Å²) in [4.78, 5) is 28.3. The molecule has 36 heavy (non-hydrogen) atoms. The van der Waals surface area contributed by atoms with Gasteiger partial charge in [0.1, 0.15) is 6.17 Å². The average molecular weight is 496 g/mol. The second-order valence-corrected chi connectivity index (χ2v) is 10.3. The number of anilines is 1. The molecule has 2 aromatic rings. The van der Waals surface area contributed by atoms with Crippen LogP contribution in [0.25, 0.3) is 0 Å². The highest BCUT2D eigenvalue weighted by atomic mass is 19.1. The summed E-state index contributed by atoms with van der Waals surface area (Å²) in [6.07, 6.45) is 0.799. The molecule has 7 heteroatoms. The van der Waals surface area contributed by atoms with Gasteiger partial charge in [-0.3, -0.25) is 9.59 Å². The molecule has 2 amide bonds. The van der Waals surface area contributed by atoms with Crippen molar-refractivity contribution in [2.45, 2.75) is 51.2 Å². The number of nitrogens with zero attached hydrogens (tertiary/aromatic N) is 1. The van der Waals surface area contributed by atoms with E-state index in [0.717, 1.165) is 43.6 Å². The summed E-state index contributed by atoms with van der Waals surface area (Å²) in [7, 11) is 1.70. The van der Waals surface area contributed by atoms with Gasteiger partial charge in [0.2, 0.25) is 11.8 Å². The molecule has 3 atom stereocenters. The Balaban J connectivity index is 1.52. The second-order valence-electron chi connectivity index (χ2n) is 10.3. The standard InChI is InChI=1S/C29H38FN3O3/c1-19(2)20-8-10-21(11-9-20)27(32-29(35)24-18-25(24)30)23-6-4-5-7-26(23)31-28(34)22-12-14-33(15-13-22)16-17-36-3/h4-11,19,22,24-25,27H,12-18H2,1-3H3,(H,31,34)(H,32,35)/t24-,25-,27+/m0/s1. The van der Waals surface area contributed by atoms with Gasteiger partial charge >= 0.3 is 0 Å². The van der Waals surface area contributed by atoms with E-state index in [1.165, 1.54) is 5.56 Å². The van der Waals surface area contributed by atoms with Crippen molar-refractivity contribution in [3.63, 3.8) is 0 Å². The van der Waals surface area contributed by atoms with Gasteiger partial charge in [-0.2, -0.15) is 0 Å². The Morgan fingerprint density at radius 3 is 2.28 bits per heavy atom. The fourth-order valence-electron chi connectivity index (χ4n) is 4.84. The quantitative estimate of drug-likeness (QED) is 0.503. The van der Waals surface area contributed by atoms with Gasteiger partial charge in [0.05, 0.1) is 18.6 Å². The van der Waals surface area contributed by atoms with Crippen LogP contribution in [0.5, 0.6) is 0 Å². The first kappa shape index (κ1) is 26.3. The minimum Gasteiger partial charge on any atom is -0.383 e. The van der Waals surface area contributed by atoms with Crippen LogP contribution in [-0.2, 0) is 14.3 Å². The van der Waals surface area contributed by atoms with Crippen LogP contribution in [0.15, 0.2) is 48.5 Å². The molecule has 0 aromatic heterocycles. The van der Waals surface area contributed by atoms with E-state index in [0.29, 0.717) is 18.2 Å². The van der Waals surface area contributed by atoms with Crippen LogP contribution < -0.4 is 10.6 Å². The summed E-state index contributed by atoms with van der Waals surface area (Å²) in [5, 5.41) is 6.20. The topological polar surface area (TPSA) is 70.7 Å². The largest absolute Gasteiger partial charge is 0.383 e. The lowest BCUT2D eigenvalue weighted by Crippen LogP contribution is -2.39. The van der Waals surface area contributed by atoms with Crippen LogP contribution in [0.1, 0.15) is 61.8 Å². The maximum Gasteiger partial charge on any atom is 0.227 e. The second kappa shape index (κ2) is 12.0. The van der Waals surface area contributed by atoms with E-state index in [9.17, 15) is 14.0 Å². The van der Waals surface area contributed by atoms with Crippen molar-refractivity contribution >= 4 is 17.5 Å². The number of piperidine rings is 1. The van der Waals surface area contributed by atoms with Gasteiger partial charge in [-0.25, -0.2) is 4.39 Å². The number of benzene rings is 2. The molecule has 2 fully saturated rings. The number of halogens is 1. The number of ether oxygens (including phenoxy) is 1. The van der Waals surface area contributed by atoms with E-state index in [-0.39, 0.29) is 24.2 Å². The van der Waals surface area contributed by atoms with E-state index < -0.39 is 18.1 Å². The summed E-state index contributed by atoms with van der Waals surface area (Å²) in [6.45, 7) is 7.59. The van der Waals surface area contributed by atoms with E-state index >= 15 is 0 Å². The molecule has 2 aliphatic rings. The molecule has 1 saturated heterocycles. The number of para-hydroxylation sites is 1. The zero-order valence-corrected chi connectivity index (χ0v) is 21.5. The van der Waals surface area contributed by atoms with E-state index in [2.05, 4.69) is 41.5 Å². The highest BCUT2D eigenvalue weighted by Crippen LogP contribution is 2.36. The molecule has 0 spiro atoms.